The molecule has 2 rings (SSSR count). The quantitative estimate of drug-likeness (QED) is 0.149. The Hall–Kier alpha value is -3.96. The largest absolute Gasteiger partial charge is 0.508 e. The lowest BCUT2D eigenvalue weighted by molar-refractivity contribution is -0.132. The summed E-state index contributed by atoms with van der Waals surface area (Å²) in [5.74, 6) is -1.02. The first-order valence-electron chi connectivity index (χ1n) is 11.4. The second-order valence-electron chi connectivity index (χ2n) is 7.82. The number of likely N-dealkylation sites (N-methyl/N-ethyl adjacent to an activating group) is 1. The van der Waals surface area contributed by atoms with Crippen LogP contribution in [0.1, 0.15) is 11.1 Å². The van der Waals surface area contributed by atoms with Crippen LogP contribution in [0.2, 0.25) is 0 Å². The molecule has 0 aliphatic heterocycles. The molecule has 0 aliphatic rings. The maximum Gasteiger partial charge on any atom is 0.241 e. The van der Waals surface area contributed by atoms with E-state index >= 15 is 0 Å². The summed E-state index contributed by atoms with van der Waals surface area (Å²) < 4.78 is 0. The van der Waals surface area contributed by atoms with Crippen molar-refractivity contribution in [2.45, 2.75) is 18.9 Å². The number of amides is 4. The minimum atomic E-state index is -0.826. The second-order valence-corrected chi connectivity index (χ2v) is 7.82. The maximum absolute atomic E-state index is 12.1. The van der Waals surface area contributed by atoms with Crippen molar-refractivity contribution in [1.29, 1.82) is 0 Å². The van der Waals surface area contributed by atoms with Crippen LogP contribution in [0.15, 0.2) is 54.6 Å². The fraction of sp³-hybridized carbons (Fsp3) is 0.360. The Morgan fingerprint density at radius 2 is 1.67 bits per heavy atom. The van der Waals surface area contributed by atoms with Gasteiger partial charge in [0.15, 0.2) is 0 Å². The third-order valence-corrected chi connectivity index (χ3v) is 4.93. The standard InChI is InChI=1S/C22H28N4O4.C3H7NO2/c1-26(12-11-16-5-3-2-4-6-16)21(29)15-24-20(28)14-25-22(30)19(23)13-17-7-9-18(27)10-8-17;5-2-1-4-3-6/h2-10,19,27H,11-15,23H2,1H3,(H,24,28)(H,25,30);3,5H,1-2H2,(H,4,6)/t19-;/m0./s1. The van der Waals surface area contributed by atoms with Gasteiger partial charge in [0.2, 0.25) is 24.1 Å². The molecule has 0 unspecified atom stereocenters. The van der Waals surface area contributed by atoms with Crippen LogP contribution in [0.25, 0.3) is 0 Å². The van der Waals surface area contributed by atoms with E-state index in [-0.39, 0.29) is 37.8 Å². The van der Waals surface area contributed by atoms with Crippen LogP contribution >= 0.6 is 0 Å². The molecule has 11 heteroatoms. The van der Waals surface area contributed by atoms with Gasteiger partial charge in [-0.05, 0) is 36.1 Å². The van der Waals surface area contributed by atoms with Gasteiger partial charge in [0.25, 0.3) is 0 Å². The summed E-state index contributed by atoms with van der Waals surface area (Å²) in [6, 6.07) is 15.4. The highest BCUT2D eigenvalue weighted by atomic mass is 16.3. The molecule has 11 nitrogen and oxygen atoms in total. The fourth-order valence-electron chi connectivity index (χ4n) is 2.84. The molecule has 0 saturated carbocycles. The van der Waals surface area contributed by atoms with Gasteiger partial charge >= 0.3 is 0 Å². The number of rotatable bonds is 13. The Kier molecular flexibility index (Phi) is 14.6. The molecule has 0 spiro atoms. The molecule has 7 N–H and O–H groups in total. The maximum atomic E-state index is 12.1. The smallest absolute Gasteiger partial charge is 0.241 e. The van der Waals surface area contributed by atoms with Gasteiger partial charge in [-0.3, -0.25) is 19.2 Å². The van der Waals surface area contributed by atoms with Gasteiger partial charge in [0, 0.05) is 20.1 Å². The summed E-state index contributed by atoms with van der Waals surface area (Å²) in [7, 11) is 1.68. The summed E-state index contributed by atoms with van der Waals surface area (Å²) in [5.41, 5.74) is 7.78. The number of hydrogen-bond acceptors (Lipinski definition) is 7. The van der Waals surface area contributed by atoms with Crippen LogP contribution in [0, 0.1) is 0 Å². The Morgan fingerprint density at radius 3 is 2.25 bits per heavy atom. The van der Waals surface area contributed by atoms with E-state index in [9.17, 15) is 24.3 Å². The van der Waals surface area contributed by atoms with Crippen LogP contribution in [0.4, 0.5) is 0 Å². The molecule has 36 heavy (non-hydrogen) atoms. The number of aromatic hydroxyl groups is 1. The van der Waals surface area contributed by atoms with Gasteiger partial charge in [-0.25, -0.2) is 0 Å². The molecule has 0 aliphatic carbocycles. The van der Waals surface area contributed by atoms with E-state index in [0.29, 0.717) is 19.5 Å². The normalized spacial score (nSPS) is 10.8. The van der Waals surface area contributed by atoms with Gasteiger partial charge in [0.05, 0.1) is 25.7 Å². The Balaban J connectivity index is 0.000000960. The van der Waals surface area contributed by atoms with Crippen molar-refractivity contribution in [2.75, 3.05) is 39.8 Å². The van der Waals surface area contributed by atoms with E-state index in [0.717, 1.165) is 17.5 Å². The first-order chi connectivity index (χ1) is 17.3. The summed E-state index contributed by atoms with van der Waals surface area (Å²) in [6.45, 7) is 0.506. The highest BCUT2D eigenvalue weighted by Crippen LogP contribution is 2.10. The molecule has 2 aromatic rings. The summed E-state index contributed by atoms with van der Waals surface area (Å²) >= 11 is 0. The lowest BCUT2D eigenvalue weighted by Gasteiger charge is -2.18. The van der Waals surface area contributed by atoms with Gasteiger partial charge in [0.1, 0.15) is 5.75 Å². The first-order valence-corrected chi connectivity index (χ1v) is 11.4. The van der Waals surface area contributed by atoms with Crippen LogP contribution < -0.4 is 21.7 Å². The molecule has 0 radical (unpaired) electrons. The van der Waals surface area contributed by atoms with E-state index in [1.165, 1.54) is 12.1 Å². The van der Waals surface area contributed by atoms with Gasteiger partial charge in [-0.1, -0.05) is 42.5 Å². The van der Waals surface area contributed by atoms with E-state index in [1.807, 2.05) is 30.3 Å². The number of aliphatic hydroxyl groups is 1. The van der Waals surface area contributed by atoms with Crippen LogP contribution in [0.3, 0.4) is 0 Å². The van der Waals surface area contributed by atoms with Gasteiger partial charge in [-0.15, -0.1) is 0 Å². The predicted octanol–water partition coefficient (Wildman–Crippen LogP) is -1.08. The molecule has 0 saturated heterocycles. The zero-order chi connectivity index (χ0) is 26.8. The Labute approximate surface area is 210 Å². The molecule has 0 fully saturated rings. The summed E-state index contributed by atoms with van der Waals surface area (Å²) in [6.07, 6.45) is 1.56. The number of phenols is 1. The van der Waals surface area contributed by atoms with Crippen molar-refractivity contribution in [3.63, 3.8) is 0 Å². The van der Waals surface area contributed by atoms with E-state index in [1.54, 1.807) is 24.1 Å². The van der Waals surface area contributed by atoms with Crippen molar-refractivity contribution in [2.24, 2.45) is 5.73 Å². The van der Waals surface area contributed by atoms with Crippen molar-refractivity contribution >= 4 is 24.1 Å². The van der Waals surface area contributed by atoms with E-state index in [2.05, 4.69) is 16.0 Å². The van der Waals surface area contributed by atoms with E-state index < -0.39 is 17.9 Å². The van der Waals surface area contributed by atoms with Crippen LogP contribution in [-0.4, -0.2) is 85.1 Å². The number of carbonyl (C=O) groups excluding carboxylic acids is 4. The Bertz CT molecular complexity index is 940. The highest BCUT2D eigenvalue weighted by Gasteiger charge is 2.16. The number of hydrogen-bond donors (Lipinski definition) is 6. The van der Waals surface area contributed by atoms with Crippen molar-refractivity contribution in [1.82, 2.24) is 20.9 Å². The number of phenolic OH excluding ortho intramolecular Hbond substituents is 1. The molecule has 4 amide bonds. The number of benzene rings is 2. The molecule has 1 atom stereocenters. The van der Waals surface area contributed by atoms with Crippen molar-refractivity contribution < 1.29 is 29.4 Å². The highest BCUT2D eigenvalue weighted by molar-refractivity contribution is 5.89. The lowest BCUT2D eigenvalue weighted by Crippen LogP contribution is -2.47. The lowest BCUT2D eigenvalue weighted by atomic mass is 10.1. The summed E-state index contributed by atoms with van der Waals surface area (Å²) in [5, 5.41) is 24.5. The number of carbonyl (C=O) groups is 4. The molecule has 196 valence electrons. The second kappa shape index (κ2) is 17.5. The van der Waals surface area contributed by atoms with Crippen LogP contribution in [0.5, 0.6) is 5.75 Å². The molecule has 0 bridgehead atoms. The number of aliphatic hydroxyl groups excluding tert-OH is 1. The topological polar surface area (TPSA) is 174 Å². The van der Waals surface area contributed by atoms with Crippen molar-refractivity contribution in [3.05, 3.63) is 65.7 Å². The predicted molar refractivity (Wildman–Crippen MR) is 135 cm³/mol. The third-order valence-electron chi connectivity index (χ3n) is 4.93. The van der Waals surface area contributed by atoms with Gasteiger partial charge < -0.3 is 36.8 Å². The zero-order valence-corrected chi connectivity index (χ0v) is 20.4. The number of nitrogens with one attached hydrogen (secondary N) is 3. The molecular weight excluding hydrogens is 466 g/mol. The monoisotopic (exact) mass is 501 g/mol. The SMILES string of the molecule is CN(CCc1ccccc1)C(=O)CNC(=O)CNC(=O)[C@@H](N)Cc1ccc(O)cc1.O=CNCCO. The number of nitrogens with two attached hydrogens (primary N) is 1. The number of nitrogens with zero attached hydrogens (tertiary/aromatic N) is 1. The van der Waals surface area contributed by atoms with Crippen molar-refractivity contribution in [3.8, 4) is 5.75 Å². The fourth-order valence-corrected chi connectivity index (χ4v) is 2.84. The first kappa shape index (κ1) is 30.1. The molecular formula is C25H35N5O6. The molecule has 0 heterocycles. The van der Waals surface area contributed by atoms with Gasteiger partial charge in [-0.2, -0.15) is 0 Å². The Morgan fingerprint density at radius 1 is 1.00 bits per heavy atom. The minimum absolute atomic E-state index is 0.0126. The van der Waals surface area contributed by atoms with E-state index in [4.69, 9.17) is 10.8 Å². The van der Waals surface area contributed by atoms with Crippen LogP contribution in [-0.2, 0) is 32.0 Å². The minimum Gasteiger partial charge on any atom is -0.508 e. The molecule has 2 aromatic carbocycles. The molecule has 0 aromatic heterocycles. The average molecular weight is 502 g/mol. The average Bonchev–Trinajstić information content (AvgIpc) is 2.89. The zero-order valence-electron chi connectivity index (χ0n) is 20.4. The third kappa shape index (κ3) is 13.1. The summed E-state index contributed by atoms with van der Waals surface area (Å²) in [4.78, 5) is 47.0.